The Hall–Kier alpha value is -1.99. The third-order valence-corrected chi connectivity index (χ3v) is 5.34. The second-order valence-corrected chi connectivity index (χ2v) is 7.40. The Morgan fingerprint density at radius 3 is 2.81 bits per heavy atom. The van der Waals surface area contributed by atoms with Crippen molar-refractivity contribution in [3.63, 3.8) is 0 Å². The van der Waals surface area contributed by atoms with Crippen LogP contribution < -0.4 is 14.8 Å². The maximum atomic E-state index is 12.6. The van der Waals surface area contributed by atoms with E-state index in [0.717, 1.165) is 69.1 Å². The fourth-order valence-corrected chi connectivity index (χ4v) is 3.89. The predicted octanol–water partition coefficient (Wildman–Crippen LogP) is 2.28. The number of likely N-dealkylation sites (tertiary alicyclic amines) is 1. The standard InChI is InChI=1S/C20H29N3O4/c24-20(7-10-23-9-1-2-11-27-23)22-8-3-4-17(15-22)21-16-5-6-18-19(14-16)26-13-12-25-18/h5-6,14,17,21H,1-4,7-13,15H2/t17-/m1/s1. The van der Waals surface area contributed by atoms with Crippen LogP contribution in [0, 0.1) is 0 Å². The van der Waals surface area contributed by atoms with Crippen molar-refractivity contribution >= 4 is 11.6 Å². The monoisotopic (exact) mass is 375 g/mol. The summed E-state index contributed by atoms with van der Waals surface area (Å²) in [7, 11) is 0. The summed E-state index contributed by atoms with van der Waals surface area (Å²) in [5.41, 5.74) is 1.01. The molecule has 3 aliphatic heterocycles. The topological polar surface area (TPSA) is 63.3 Å². The number of rotatable bonds is 5. The fraction of sp³-hybridized carbons (Fsp3) is 0.650. The summed E-state index contributed by atoms with van der Waals surface area (Å²) in [5.74, 6) is 1.81. The van der Waals surface area contributed by atoms with E-state index >= 15 is 0 Å². The van der Waals surface area contributed by atoms with Gasteiger partial charge >= 0.3 is 0 Å². The zero-order valence-corrected chi connectivity index (χ0v) is 15.8. The molecule has 0 saturated carbocycles. The van der Waals surface area contributed by atoms with Crippen LogP contribution in [-0.4, -0.2) is 67.9 Å². The van der Waals surface area contributed by atoms with Crippen LogP contribution in [0.1, 0.15) is 32.1 Å². The van der Waals surface area contributed by atoms with Gasteiger partial charge in [0.05, 0.1) is 6.61 Å². The molecule has 0 aromatic heterocycles. The van der Waals surface area contributed by atoms with Crippen LogP contribution >= 0.6 is 0 Å². The van der Waals surface area contributed by atoms with E-state index in [1.807, 2.05) is 28.2 Å². The molecule has 1 atom stereocenters. The summed E-state index contributed by atoms with van der Waals surface area (Å²) < 4.78 is 11.2. The molecule has 4 rings (SSSR count). The van der Waals surface area contributed by atoms with Crippen molar-refractivity contribution in [2.24, 2.45) is 0 Å². The third-order valence-electron chi connectivity index (χ3n) is 5.34. The average molecular weight is 375 g/mol. The zero-order valence-electron chi connectivity index (χ0n) is 15.8. The van der Waals surface area contributed by atoms with Crippen LogP contribution in [0.5, 0.6) is 11.5 Å². The maximum Gasteiger partial charge on any atom is 0.224 e. The highest BCUT2D eigenvalue weighted by atomic mass is 16.7. The van der Waals surface area contributed by atoms with E-state index in [9.17, 15) is 4.79 Å². The normalized spacial score (nSPS) is 23.1. The van der Waals surface area contributed by atoms with Crippen LogP contribution in [0.4, 0.5) is 5.69 Å². The maximum absolute atomic E-state index is 12.6. The second-order valence-electron chi connectivity index (χ2n) is 7.40. The molecule has 2 fully saturated rings. The van der Waals surface area contributed by atoms with Crippen LogP contribution in [0.3, 0.4) is 0 Å². The number of carbonyl (C=O) groups excluding carboxylic acids is 1. The van der Waals surface area contributed by atoms with Gasteiger partial charge in [0.2, 0.25) is 5.91 Å². The van der Waals surface area contributed by atoms with Crippen LogP contribution in [0.15, 0.2) is 18.2 Å². The van der Waals surface area contributed by atoms with E-state index in [4.69, 9.17) is 14.3 Å². The average Bonchev–Trinajstić information content (AvgIpc) is 2.73. The number of amides is 1. The Morgan fingerprint density at radius 2 is 1.96 bits per heavy atom. The van der Waals surface area contributed by atoms with Crippen molar-refractivity contribution in [3.8, 4) is 11.5 Å². The minimum Gasteiger partial charge on any atom is -0.486 e. The van der Waals surface area contributed by atoms with Crippen LogP contribution in [0.25, 0.3) is 0 Å². The largest absolute Gasteiger partial charge is 0.486 e. The number of nitrogens with one attached hydrogen (secondary N) is 1. The number of hydrogen-bond acceptors (Lipinski definition) is 6. The molecule has 1 aromatic carbocycles. The molecule has 1 amide bonds. The first kappa shape index (κ1) is 18.4. The number of nitrogens with zero attached hydrogens (tertiary/aromatic N) is 2. The third kappa shape index (κ3) is 4.84. The molecule has 148 valence electrons. The molecule has 3 aliphatic rings. The molecule has 1 aromatic rings. The number of ether oxygens (including phenoxy) is 2. The summed E-state index contributed by atoms with van der Waals surface area (Å²) in [6.45, 7) is 5.18. The van der Waals surface area contributed by atoms with Crippen molar-refractivity contribution in [1.29, 1.82) is 0 Å². The molecule has 27 heavy (non-hydrogen) atoms. The number of piperidine rings is 1. The highest BCUT2D eigenvalue weighted by molar-refractivity contribution is 5.76. The molecule has 0 unspecified atom stereocenters. The molecule has 7 nitrogen and oxygen atoms in total. The Morgan fingerprint density at radius 1 is 1.07 bits per heavy atom. The minimum absolute atomic E-state index is 0.220. The molecule has 2 saturated heterocycles. The Labute approximate surface area is 160 Å². The highest BCUT2D eigenvalue weighted by Gasteiger charge is 2.24. The van der Waals surface area contributed by atoms with Gasteiger partial charge in [-0.25, -0.2) is 0 Å². The molecule has 1 N–H and O–H groups in total. The lowest BCUT2D eigenvalue weighted by Gasteiger charge is -2.34. The van der Waals surface area contributed by atoms with Crippen molar-refractivity contribution in [2.75, 3.05) is 51.3 Å². The van der Waals surface area contributed by atoms with E-state index in [0.29, 0.717) is 26.2 Å². The highest BCUT2D eigenvalue weighted by Crippen LogP contribution is 2.33. The van der Waals surface area contributed by atoms with Gasteiger partial charge in [0.15, 0.2) is 11.5 Å². The summed E-state index contributed by atoms with van der Waals surface area (Å²) in [5, 5.41) is 5.50. The zero-order chi connectivity index (χ0) is 18.5. The first-order chi connectivity index (χ1) is 13.3. The van der Waals surface area contributed by atoms with Gasteiger partial charge in [0, 0.05) is 50.4 Å². The lowest BCUT2D eigenvalue weighted by Crippen LogP contribution is -2.46. The lowest BCUT2D eigenvalue weighted by atomic mass is 10.0. The van der Waals surface area contributed by atoms with Gasteiger partial charge in [0.1, 0.15) is 13.2 Å². The predicted molar refractivity (Wildman–Crippen MR) is 102 cm³/mol. The Kier molecular flexibility index (Phi) is 5.99. The van der Waals surface area contributed by atoms with Crippen molar-refractivity contribution in [1.82, 2.24) is 9.96 Å². The van der Waals surface area contributed by atoms with E-state index in [1.54, 1.807) is 0 Å². The van der Waals surface area contributed by atoms with Gasteiger partial charge in [-0.15, -0.1) is 0 Å². The molecule has 3 heterocycles. The second kappa shape index (κ2) is 8.80. The SMILES string of the molecule is O=C(CCN1CCCCO1)N1CCC[C@@H](Nc2ccc3c(c2)OCCO3)C1. The minimum atomic E-state index is 0.220. The van der Waals surface area contributed by atoms with Gasteiger partial charge < -0.3 is 19.7 Å². The Balaban J connectivity index is 1.28. The summed E-state index contributed by atoms with van der Waals surface area (Å²) in [4.78, 5) is 20.2. The first-order valence-corrected chi connectivity index (χ1v) is 10.1. The lowest BCUT2D eigenvalue weighted by molar-refractivity contribution is -0.182. The summed E-state index contributed by atoms with van der Waals surface area (Å²) in [6.07, 6.45) is 4.88. The molecular weight excluding hydrogens is 346 g/mol. The van der Waals surface area contributed by atoms with Gasteiger partial charge in [-0.3, -0.25) is 9.63 Å². The first-order valence-electron chi connectivity index (χ1n) is 10.1. The fourth-order valence-electron chi connectivity index (χ4n) is 3.89. The molecule has 0 spiro atoms. The molecule has 7 heteroatoms. The van der Waals surface area contributed by atoms with Gasteiger partial charge in [-0.05, 0) is 37.8 Å². The van der Waals surface area contributed by atoms with Crippen LogP contribution in [0.2, 0.25) is 0 Å². The smallest absolute Gasteiger partial charge is 0.224 e. The molecular formula is C20H29N3O4. The molecule has 0 bridgehead atoms. The van der Waals surface area contributed by atoms with E-state index < -0.39 is 0 Å². The van der Waals surface area contributed by atoms with Crippen molar-refractivity contribution in [2.45, 2.75) is 38.1 Å². The number of hydrogen-bond donors (Lipinski definition) is 1. The summed E-state index contributed by atoms with van der Waals surface area (Å²) >= 11 is 0. The van der Waals surface area contributed by atoms with Gasteiger partial charge in [-0.2, -0.15) is 5.06 Å². The van der Waals surface area contributed by atoms with Crippen molar-refractivity contribution < 1.29 is 19.1 Å². The van der Waals surface area contributed by atoms with Gasteiger partial charge in [-0.1, -0.05) is 0 Å². The molecule has 0 radical (unpaired) electrons. The number of anilines is 1. The van der Waals surface area contributed by atoms with Gasteiger partial charge in [0.25, 0.3) is 0 Å². The quantitative estimate of drug-likeness (QED) is 0.852. The van der Waals surface area contributed by atoms with E-state index in [-0.39, 0.29) is 11.9 Å². The summed E-state index contributed by atoms with van der Waals surface area (Å²) in [6, 6.07) is 6.21. The molecule has 0 aliphatic carbocycles. The van der Waals surface area contributed by atoms with Crippen LogP contribution in [-0.2, 0) is 9.63 Å². The van der Waals surface area contributed by atoms with E-state index in [1.165, 1.54) is 0 Å². The van der Waals surface area contributed by atoms with E-state index in [2.05, 4.69) is 5.32 Å². The number of benzene rings is 1. The number of hydroxylamine groups is 2. The van der Waals surface area contributed by atoms with Crippen molar-refractivity contribution in [3.05, 3.63) is 18.2 Å². The number of fused-ring (bicyclic) bond motifs is 1. The Bertz CT molecular complexity index is 648. The number of carbonyl (C=O) groups is 1.